The van der Waals surface area contributed by atoms with Crippen molar-refractivity contribution >= 4 is 63.5 Å². The van der Waals surface area contributed by atoms with Crippen LogP contribution in [0.3, 0.4) is 0 Å². The normalized spacial score (nSPS) is 13.4. The summed E-state index contributed by atoms with van der Waals surface area (Å²) in [6.45, 7) is 0. The van der Waals surface area contributed by atoms with Crippen molar-refractivity contribution in [2.45, 2.75) is 30.9 Å². The Bertz CT molecular complexity index is 1070. The molecule has 0 bridgehead atoms. The maximum absolute atomic E-state index is 12.5. The Morgan fingerprint density at radius 2 is 2.17 bits per heavy atom. The molecule has 3 aromatic heterocycles. The van der Waals surface area contributed by atoms with Crippen LogP contribution in [0.1, 0.15) is 44.4 Å². The number of anilines is 1. The van der Waals surface area contributed by atoms with Crippen LogP contribution in [0.15, 0.2) is 27.2 Å². The maximum Gasteiger partial charge on any atom is 0.341 e. The van der Waals surface area contributed by atoms with Crippen molar-refractivity contribution in [3.05, 3.63) is 44.3 Å². The molecule has 0 unspecified atom stereocenters. The van der Waals surface area contributed by atoms with Crippen molar-refractivity contribution in [1.82, 2.24) is 10.2 Å². The van der Waals surface area contributed by atoms with E-state index in [9.17, 15) is 9.59 Å². The molecule has 1 aliphatic rings. The molecule has 1 amide bonds. The molecule has 0 aliphatic heterocycles. The number of carbonyl (C=O) groups excluding carboxylic acids is 2. The lowest BCUT2D eigenvalue weighted by molar-refractivity contribution is -0.113. The summed E-state index contributed by atoms with van der Waals surface area (Å²) in [5.41, 5.74) is 1.51. The second-order valence-corrected chi connectivity index (χ2v) is 9.51. The van der Waals surface area contributed by atoms with E-state index in [1.807, 2.05) is 23.6 Å². The number of esters is 1. The molecule has 3 aromatic rings. The van der Waals surface area contributed by atoms with Gasteiger partial charge in [-0.3, -0.25) is 4.79 Å². The summed E-state index contributed by atoms with van der Waals surface area (Å²) >= 11 is 4.23. The number of nitrogens with one attached hydrogen (secondary N) is 1. The third-order valence-corrected chi connectivity index (χ3v) is 7.36. The van der Waals surface area contributed by atoms with E-state index >= 15 is 0 Å². The Labute approximate surface area is 185 Å². The predicted molar refractivity (Wildman–Crippen MR) is 119 cm³/mol. The minimum Gasteiger partial charge on any atom is -0.465 e. The Morgan fingerprint density at radius 1 is 1.30 bits per heavy atom. The van der Waals surface area contributed by atoms with Gasteiger partial charge in [0.2, 0.25) is 11.8 Å². The number of aromatic nitrogens is 2. The summed E-state index contributed by atoms with van der Waals surface area (Å²) in [6.07, 6.45) is 7.53. The van der Waals surface area contributed by atoms with Crippen LogP contribution in [0, 0.1) is 0 Å². The highest BCUT2D eigenvalue weighted by atomic mass is 32.2. The molecular formula is C20H19N3O4S3. The van der Waals surface area contributed by atoms with Crippen molar-refractivity contribution in [2.24, 2.45) is 0 Å². The summed E-state index contributed by atoms with van der Waals surface area (Å²) in [7, 11) is 1.36. The Hall–Kier alpha value is -2.43. The third kappa shape index (κ3) is 4.82. The minimum absolute atomic E-state index is 0.0967. The van der Waals surface area contributed by atoms with Crippen molar-refractivity contribution < 1.29 is 18.7 Å². The molecule has 10 heteroatoms. The van der Waals surface area contributed by atoms with Crippen LogP contribution in [0.5, 0.6) is 0 Å². The van der Waals surface area contributed by atoms with Gasteiger partial charge in [0.1, 0.15) is 5.00 Å². The zero-order valence-electron chi connectivity index (χ0n) is 16.2. The number of methoxy groups -OCH3 is 1. The molecule has 3 heterocycles. The largest absolute Gasteiger partial charge is 0.465 e. The van der Waals surface area contributed by atoms with E-state index in [0.29, 0.717) is 21.7 Å². The van der Waals surface area contributed by atoms with Crippen LogP contribution in [-0.2, 0) is 22.4 Å². The highest BCUT2D eigenvalue weighted by molar-refractivity contribution is 7.99. The van der Waals surface area contributed by atoms with Gasteiger partial charge in [-0.15, -0.1) is 32.9 Å². The molecule has 156 valence electrons. The van der Waals surface area contributed by atoms with Crippen LogP contribution in [0.4, 0.5) is 5.00 Å². The second-order valence-electron chi connectivity index (χ2n) is 6.50. The maximum atomic E-state index is 12.5. The molecular weight excluding hydrogens is 442 g/mol. The van der Waals surface area contributed by atoms with Gasteiger partial charge in [0.15, 0.2) is 0 Å². The van der Waals surface area contributed by atoms with Crippen molar-refractivity contribution in [3.8, 4) is 0 Å². The lowest BCUT2D eigenvalue weighted by atomic mass is 9.95. The number of thiophene rings is 2. The number of fused-ring (bicyclic) bond motifs is 1. The van der Waals surface area contributed by atoms with E-state index in [-0.39, 0.29) is 11.7 Å². The van der Waals surface area contributed by atoms with Crippen LogP contribution in [-0.4, -0.2) is 34.9 Å². The molecule has 0 radical (unpaired) electrons. The highest BCUT2D eigenvalue weighted by Crippen LogP contribution is 2.38. The molecule has 0 aromatic carbocycles. The predicted octanol–water partition coefficient (Wildman–Crippen LogP) is 4.76. The summed E-state index contributed by atoms with van der Waals surface area (Å²) in [5.74, 6) is -0.168. The second kappa shape index (κ2) is 9.59. The number of thioether (sulfide) groups is 1. The standard InChI is InChI=1S/C20H19N3O4S3/c1-26-19(25)17-13-6-2-3-7-14(13)30-18(17)21-15(24)11-29-20-23-22-16(27-20)9-8-12-5-4-10-28-12/h4-5,8-10H,2-3,6-7,11H2,1H3,(H,21,24)/b9-8+. The van der Waals surface area contributed by atoms with Crippen LogP contribution in [0.2, 0.25) is 0 Å². The van der Waals surface area contributed by atoms with Crippen molar-refractivity contribution in [2.75, 3.05) is 18.2 Å². The zero-order chi connectivity index (χ0) is 20.9. The van der Waals surface area contributed by atoms with Crippen LogP contribution in [0.25, 0.3) is 12.2 Å². The molecule has 0 spiro atoms. The zero-order valence-corrected chi connectivity index (χ0v) is 18.6. The Morgan fingerprint density at radius 3 is 2.97 bits per heavy atom. The number of nitrogens with zero attached hydrogens (tertiary/aromatic N) is 2. The van der Waals surface area contributed by atoms with E-state index in [2.05, 4.69) is 15.5 Å². The van der Waals surface area contributed by atoms with E-state index in [4.69, 9.17) is 9.15 Å². The SMILES string of the molecule is COC(=O)c1c(NC(=O)CSc2nnc(/C=C/c3cccs3)o2)sc2c1CCCC2. The van der Waals surface area contributed by atoms with E-state index in [1.54, 1.807) is 17.4 Å². The first-order valence-corrected chi connectivity index (χ1v) is 12.0. The summed E-state index contributed by atoms with van der Waals surface area (Å²) in [5, 5.41) is 13.6. The van der Waals surface area contributed by atoms with Crippen LogP contribution >= 0.6 is 34.4 Å². The number of ether oxygens (including phenoxy) is 1. The third-order valence-electron chi connectivity index (χ3n) is 4.50. The highest BCUT2D eigenvalue weighted by Gasteiger charge is 2.27. The van der Waals surface area contributed by atoms with E-state index in [1.165, 1.54) is 18.4 Å². The average Bonchev–Trinajstić information content (AvgIpc) is 3.49. The number of aryl methyl sites for hydroxylation is 1. The number of hydrogen-bond donors (Lipinski definition) is 1. The minimum atomic E-state index is -0.406. The molecule has 0 saturated carbocycles. The van der Waals surface area contributed by atoms with Gasteiger partial charge in [0.25, 0.3) is 5.22 Å². The molecule has 7 nitrogen and oxygen atoms in total. The topological polar surface area (TPSA) is 94.3 Å². The molecule has 0 saturated heterocycles. The van der Waals surface area contributed by atoms with Crippen LogP contribution < -0.4 is 5.32 Å². The average molecular weight is 462 g/mol. The number of amides is 1. The lowest BCUT2D eigenvalue weighted by Gasteiger charge is -2.11. The van der Waals surface area contributed by atoms with Gasteiger partial charge in [-0.2, -0.15) is 0 Å². The molecule has 0 fully saturated rings. The van der Waals surface area contributed by atoms with Gasteiger partial charge in [-0.05, 0) is 48.8 Å². The number of rotatable bonds is 7. The summed E-state index contributed by atoms with van der Waals surface area (Å²) in [6, 6.07) is 3.95. The number of hydrogen-bond acceptors (Lipinski definition) is 9. The first-order valence-electron chi connectivity index (χ1n) is 9.34. The first-order chi connectivity index (χ1) is 14.6. The van der Waals surface area contributed by atoms with E-state index in [0.717, 1.165) is 52.8 Å². The van der Waals surface area contributed by atoms with Crippen molar-refractivity contribution in [3.63, 3.8) is 0 Å². The quantitative estimate of drug-likeness (QED) is 0.400. The van der Waals surface area contributed by atoms with Gasteiger partial charge in [0.05, 0.1) is 18.4 Å². The van der Waals surface area contributed by atoms with Gasteiger partial charge in [0, 0.05) is 15.8 Å². The molecule has 1 N–H and O–H groups in total. The smallest absolute Gasteiger partial charge is 0.341 e. The molecule has 30 heavy (non-hydrogen) atoms. The fourth-order valence-electron chi connectivity index (χ4n) is 3.15. The lowest BCUT2D eigenvalue weighted by Crippen LogP contribution is -2.16. The van der Waals surface area contributed by atoms with Gasteiger partial charge in [-0.25, -0.2) is 4.79 Å². The Kier molecular flexibility index (Phi) is 6.66. The molecule has 1 aliphatic carbocycles. The monoisotopic (exact) mass is 461 g/mol. The Balaban J connectivity index is 1.38. The summed E-state index contributed by atoms with van der Waals surface area (Å²) in [4.78, 5) is 27.0. The summed E-state index contributed by atoms with van der Waals surface area (Å²) < 4.78 is 10.5. The van der Waals surface area contributed by atoms with Gasteiger partial charge in [-0.1, -0.05) is 17.8 Å². The fourth-order valence-corrected chi connectivity index (χ4v) is 5.63. The first kappa shape index (κ1) is 20.8. The fraction of sp³-hybridized carbons (Fsp3) is 0.300. The molecule has 0 atom stereocenters. The van der Waals surface area contributed by atoms with Crippen molar-refractivity contribution in [1.29, 1.82) is 0 Å². The van der Waals surface area contributed by atoms with Gasteiger partial charge < -0.3 is 14.5 Å². The van der Waals surface area contributed by atoms with Gasteiger partial charge >= 0.3 is 5.97 Å². The molecule has 4 rings (SSSR count). The van der Waals surface area contributed by atoms with E-state index < -0.39 is 5.97 Å². The number of carbonyl (C=O) groups is 2.